The largest absolute Gasteiger partial charge is 0.297 e. The van der Waals surface area contributed by atoms with Crippen LogP contribution < -0.4 is 5.32 Å². The fourth-order valence-electron chi connectivity index (χ4n) is 2.70. The molecular formula is C23H21N3OS. The van der Waals surface area contributed by atoms with Crippen molar-refractivity contribution in [2.24, 2.45) is 0 Å². The third-order valence-corrected chi connectivity index (χ3v) is 5.19. The summed E-state index contributed by atoms with van der Waals surface area (Å²) in [4.78, 5) is 17.8. The highest BCUT2D eigenvalue weighted by Gasteiger charge is 2.12. The average Bonchev–Trinajstić information content (AvgIpc) is 3.13. The van der Waals surface area contributed by atoms with Crippen molar-refractivity contribution < 1.29 is 4.79 Å². The fourth-order valence-corrected chi connectivity index (χ4v) is 3.54. The summed E-state index contributed by atoms with van der Waals surface area (Å²) in [5, 5.41) is 12.6. The van der Waals surface area contributed by atoms with Crippen LogP contribution in [0, 0.1) is 11.3 Å². The number of benzene rings is 2. The topological polar surface area (TPSA) is 65.8 Å². The highest BCUT2D eigenvalue weighted by atomic mass is 32.1. The molecule has 0 aliphatic rings. The van der Waals surface area contributed by atoms with E-state index in [0.29, 0.717) is 11.0 Å². The third kappa shape index (κ3) is 5.15. The molecule has 4 nitrogen and oxygen atoms in total. The number of carbonyl (C=O) groups is 1. The molecule has 1 N–H and O–H groups in total. The molecule has 3 aromatic rings. The van der Waals surface area contributed by atoms with Gasteiger partial charge in [0.25, 0.3) is 5.91 Å². The molecule has 0 spiro atoms. The highest BCUT2D eigenvalue weighted by Crippen LogP contribution is 2.22. The average molecular weight is 388 g/mol. The number of nitriles is 1. The number of anilines is 1. The van der Waals surface area contributed by atoms with Crippen LogP contribution in [-0.2, 0) is 11.2 Å². The normalized spacial score (nSPS) is 11.3. The number of aromatic nitrogens is 1. The van der Waals surface area contributed by atoms with Crippen LogP contribution >= 0.6 is 11.3 Å². The summed E-state index contributed by atoms with van der Waals surface area (Å²) in [6.07, 6.45) is 4.11. The van der Waals surface area contributed by atoms with Gasteiger partial charge in [-0.15, -0.1) is 11.3 Å². The lowest BCUT2D eigenvalue weighted by Gasteiger charge is -2.05. The molecule has 28 heavy (non-hydrogen) atoms. The van der Waals surface area contributed by atoms with E-state index in [9.17, 15) is 10.1 Å². The maximum Gasteiger partial charge on any atom is 0.268 e. The Kier molecular flexibility index (Phi) is 6.36. The molecule has 1 aromatic heterocycles. The molecule has 0 atom stereocenters. The zero-order chi connectivity index (χ0) is 19.9. The zero-order valence-electron chi connectivity index (χ0n) is 15.8. The number of nitrogens with one attached hydrogen (secondary N) is 1. The molecule has 0 bridgehead atoms. The summed E-state index contributed by atoms with van der Waals surface area (Å²) in [5.74, 6) is -0.0113. The number of hydrogen-bond donors (Lipinski definition) is 1. The Morgan fingerprint density at radius 3 is 2.54 bits per heavy atom. The van der Waals surface area contributed by atoms with E-state index in [2.05, 4.69) is 36.3 Å². The molecule has 0 radical (unpaired) electrons. The van der Waals surface area contributed by atoms with Crippen LogP contribution in [-0.4, -0.2) is 10.9 Å². The summed E-state index contributed by atoms with van der Waals surface area (Å²) >= 11 is 1.42. The van der Waals surface area contributed by atoms with Crippen LogP contribution in [0.2, 0.25) is 0 Å². The minimum atomic E-state index is -0.448. The van der Waals surface area contributed by atoms with E-state index in [4.69, 9.17) is 0 Å². The molecule has 140 valence electrons. The smallest absolute Gasteiger partial charge is 0.268 e. The number of amides is 1. The van der Waals surface area contributed by atoms with Crippen LogP contribution in [0.25, 0.3) is 6.08 Å². The van der Waals surface area contributed by atoms with Gasteiger partial charge in [-0.1, -0.05) is 68.4 Å². The van der Waals surface area contributed by atoms with Crippen LogP contribution in [0.1, 0.15) is 41.3 Å². The van der Waals surface area contributed by atoms with E-state index in [1.807, 2.05) is 48.5 Å². The molecule has 0 aliphatic heterocycles. The van der Waals surface area contributed by atoms with Gasteiger partial charge in [-0.3, -0.25) is 10.1 Å². The summed E-state index contributed by atoms with van der Waals surface area (Å²) in [5.41, 5.74) is 3.28. The monoisotopic (exact) mass is 387 g/mol. The van der Waals surface area contributed by atoms with Crippen molar-refractivity contribution in [1.29, 1.82) is 5.26 Å². The molecule has 0 saturated heterocycles. The Morgan fingerprint density at radius 1 is 1.18 bits per heavy atom. The number of hydrogen-bond acceptors (Lipinski definition) is 4. The first kappa shape index (κ1) is 19.5. The maximum absolute atomic E-state index is 12.5. The van der Waals surface area contributed by atoms with Gasteiger partial charge >= 0.3 is 0 Å². The number of carbonyl (C=O) groups excluding carboxylic acids is 1. The predicted molar refractivity (Wildman–Crippen MR) is 114 cm³/mol. The second kappa shape index (κ2) is 9.12. The lowest BCUT2D eigenvalue weighted by Crippen LogP contribution is -2.13. The van der Waals surface area contributed by atoms with E-state index < -0.39 is 5.91 Å². The highest BCUT2D eigenvalue weighted by molar-refractivity contribution is 7.15. The lowest BCUT2D eigenvalue weighted by molar-refractivity contribution is -0.112. The van der Waals surface area contributed by atoms with E-state index >= 15 is 0 Å². The maximum atomic E-state index is 12.5. The molecule has 5 heteroatoms. The van der Waals surface area contributed by atoms with Crippen molar-refractivity contribution in [1.82, 2.24) is 4.98 Å². The molecule has 0 fully saturated rings. The Bertz CT molecular complexity index is 1010. The minimum absolute atomic E-state index is 0.0529. The van der Waals surface area contributed by atoms with Crippen molar-refractivity contribution >= 4 is 28.5 Å². The third-order valence-electron chi connectivity index (χ3n) is 4.27. The van der Waals surface area contributed by atoms with Crippen molar-refractivity contribution in [3.8, 4) is 6.07 Å². The quantitative estimate of drug-likeness (QED) is 0.455. The molecule has 0 saturated carbocycles. The molecule has 1 heterocycles. The van der Waals surface area contributed by atoms with Gasteiger partial charge in [0, 0.05) is 17.5 Å². The summed E-state index contributed by atoms with van der Waals surface area (Å²) in [6.45, 7) is 4.25. The molecular weight excluding hydrogens is 366 g/mol. The van der Waals surface area contributed by atoms with Crippen molar-refractivity contribution in [2.75, 3.05) is 5.32 Å². The van der Waals surface area contributed by atoms with Crippen LogP contribution in [0.4, 0.5) is 5.13 Å². The lowest BCUT2D eigenvalue weighted by atomic mass is 10.0. The fraction of sp³-hybridized carbons (Fsp3) is 0.174. The first-order valence-electron chi connectivity index (χ1n) is 9.07. The number of thiazole rings is 1. The predicted octanol–water partition coefficient (Wildman–Crippen LogP) is 5.40. The standard InChI is InChI=1S/C23H21N3OS/c1-16(2)19-10-8-18(9-11-19)12-20(14-24)22(27)26-23-25-15-21(28-23)13-17-6-4-3-5-7-17/h3-12,15-16H,13H2,1-2H3,(H,25,26,27)/b20-12-. The van der Waals surface area contributed by atoms with Crippen molar-refractivity contribution in [3.05, 3.63) is 87.9 Å². The van der Waals surface area contributed by atoms with Crippen LogP contribution in [0.5, 0.6) is 0 Å². The molecule has 0 aliphatic carbocycles. The van der Waals surface area contributed by atoms with Crippen LogP contribution in [0.3, 0.4) is 0 Å². The summed E-state index contributed by atoms with van der Waals surface area (Å²) in [7, 11) is 0. The number of rotatable bonds is 6. The molecule has 3 rings (SSSR count). The minimum Gasteiger partial charge on any atom is -0.297 e. The van der Waals surface area contributed by atoms with E-state index in [0.717, 1.165) is 16.9 Å². The van der Waals surface area contributed by atoms with Gasteiger partial charge in [0.05, 0.1) is 0 Å². The Hall–Kier alpha value is -3.23. The first-order chi connectivity index (χ1) is 13.5. The first-order valence-corrected chi connectivity index (χ1v) is 9.88. The Morgan fingerprint density at radius 2 is 1.89 bits per heavy atom. The van der Waals surface area contributed by atoms with E-state index in [-0.39, 0.29) is 5.57 Å². The zero-order valence-corrected chi connectivity index (χ0v) is 16.7. The Labute approximate surface area is 169 Å². The van der Waals surface area contributed by atoms with Gasteiger partial charge in [-0.2, -0.15) is 5.26 Å². The van der Waals surface area contributed by atoms with Gasteiger partial charge in [0.15, 0.2) is 5.13 Å². The summed E-state index contributed by atoms with van der Waals surface area (Å²) in [6, 6.07) is 19.9. The van der Waals surface area contributed by atoms with Gasteiger partial charge in [-0.05, 0) is 28.7 Å². The van der Waals surface area contributed by atoms with Gasteiger partial charge in [-0.25, -0.2) is 4.98 Å². The molecule has 1 amide bonds. The number of nitrogens with zero attached hydrogens (tertiary/aromatic N) is 2. The van der Waals surface area contributed by atoms with Gasteiger partial charge in [0.1, 0.15) is 11.6 Å². The van der Waals surface area contributed by atoms with Gasteiger partial charge < -0.3 is 0 Å². The molecule has 0 unspecified atom stereocenters. The van der Waals surface area contributed by atoms with Crippen molar-refractivity contribution in [3.63, 3.8) is 0 Å². The second-order valence-corrected chi connectivity index (χ2v) is 7.85. The molecule has 2 aromatic carbocycles. The van der Waals surface area contributed by atoms with Crippen molar-refractivity contribution in [2.45, 2.75) is 26.2 Å². The van der Waals surface area contributed by atoms with Gasteiger partial charge in [0.2, 0.25) is 0 Å². The second-order valence-electron chi connectivity index (χ2n) is 6.74. The SMILES string of the molecule is CC(C)c1ccc(/C=C(/C#N)C(=O)Nc2ncc(Cc3ccccc3)s2)cc1. The van der Waals surface area contributed by atoms with E-state index in [1.54, 1.807) is 12.3 Å². The van der Waals surface area contributed by atoms with Crippen LogP contribution in [0.15, 0.2) is 66.4 Å². The summed E-state index contributed by atoms with van der Waals surface area (Å²) < 4.78 is 0. The Balaban J connectivity index is 1.68. The van der Waals surface area contributed by atoms with E-state index in [1.165, 1.54) is 22.5 Å².